The summed E-state index contributed by atoms with van der Waals surface area (Å²) in [6, 6.07) is 7.78. The topological polar surface area (TPSA) is 59.0 Å². The van der Waals surface area contributed by atoms with Gasteiger partial charge in [-0.25, -0.2) is 0 Å². The van der Waals surface area contributed by atoms with Crippen LogP contribution in [-0.4, -0.2) is 15.7 Å². The molecule has 2 N–H and O–H groups in total. The summed E-state index contributed by atoms with van der Waals surface area (Å²) in [4.78, 5) is 11.2. The van der Waals surface area contributed by atoms with Crippen LogP contribution in [0.25, 0.3) is 0 Å². The van der Waals surface area contributed by atoms with Crippen molar-refractivity contribution in [3.63, 3.8) is 0 Å². The summed E-state index contributed by atoms with van der Waals surface area (Å²) in [5.74, 6) is -0.0637. The zero-order valence-electron chi connectivity index (χ0n) is 12.3. The number of benzene rings is 1. The van der Waals surface area contributed by atoms with Crippen molar-refractivity contribution in [3.05, 3.63) is 41.2 Å². The Hall–Kier alpha value is -2.30. The third kappa shape index (κ3) is 2.99. The third-order valence-corrected chi connectivity index (χ3v) is 3.29. The first-order chi connectivity index (χ1) is 9.49. The predicted molar refractivity (Wildman–Crippen MR) is 80.8 cm³/mol. The van der Waals surface area contributed by atoms with Gasteiger partial charge in [0.2, 0.25) is 5.91 Å². The molecule has 0 atom stereocenters. The van der Waals surface area contributed by atoms with E-state index in [9.17, 15) is 4.79 Å². The fraction of sp³-hybridized carbons (Fsp3) is 0.333. The van der Waals surface area contributed by atoms with Crippen LogP contribution in [0.3, 0.4) is 0 Å². The number of carbonyl (C=O) groups is 1. The Morgan fingerprint density at radius 2 is 2.00 bits per heavy atom. The van der Waals surface area contributed by atoms with E-state index in [4.69, 9.17) is 0 Å². The molecule has 1 heterocycles. The first kappa shape index (κ1) is 14.1. The molecule has 5 nitrogen and oxygen atoms in total. The molecule has 5 heteroatoms. The zero-order valence-corrected chi connectivity index (χ0v) is 12.3. The normalized spacial score (nSPS) is 10.4. The summed E-state index contributed by atoms with van der Waals surface area (Å²) < 4.78 is 1.86. The third-order valence-electron chi connectivity index (χ3n) is 3.29. The molecule has 106 valence electrons. The minimum atomic E-state index is -0.0637. The van der Waals surface area contributed by atoms with Crippen LogP contribution in [0.4, 0.5) is 11.4 Å². The highest BCUT2D eigenvalue weighted by Gasteiger charge is 2.10. The summed E-state index contributed by atoms with van der Waals surface area (Å²) in [5, 5.41) is 10.6. The predicted octanol–water partition coefficient (Wildman–Crippen LogP) is 2.61. The second-order valence-corrected chi connectivity index (χ2v) is 4.86. The minimum Gasteiger partial charge on any atom is -0.378 e. The van der Waals surface area contributed by atoms with Gasteiger partial charge in [0.1, 0.15) is 0 Å². The molecule has 20 heavy (non-hydrogen) atoms. The lowest BCUT2D eigenvalue weighted by atomic mass is 10.1. The Morgan fingerprint density at radius 3 is 2.60 bits per heavy atom. The van der Waals surface area contributed by atoms with Crippen molar-refractivity contribution < 1.29 is 4.79 Å². The fourth-order valence-corrected chi connectivity index (χ4v) is 2.20. The monoisotopic (exact) mass is 272 g/mol. The van der Waals surface area contributed by atoms with E-state index in [1.165, 1.54) is 6.92 Å². The van der Waals surface area contributed by atoms with Gasteiger partial charge in [0.25, 0.3) is 0 Å². The molecule has 0 fully saturated rings. The molecule has 1 aromatic carbocycles. The van der Waals surface area contributed by atoms with Gasteiger partial charge < -0.3 is 10.6 Å². The molecule has 0 saturated carbocycles. The SMILES string of the molecule is CC(=O)Nc1ccccc1CNc1c(C)nn(C)c1C. The highest BCUT2D eigenvalue weighted by Crippen LogP contribution is 2.21. The molecule has 0 aliphatic carbocycles. The summed E-state index contributed by atoms with van der Waals surface area (Å²) >= 11 is 0. The van der Waals surface area contributed by atoms with E-state index in [1.54, 1.807) is 0 Å². The number of hydrogen-bond acceptors (Lipinski definition) is 3. The Balaban J connectivity index is 2.17. The van der Waals surface area contributed by atoms with Crippen LogP contribution in [0, 0.1) is 13.8 Å². The lowest BCUT2D eigenvalue weighted by Crippen LogP contribution is -2.10. The fourth-order valence-electron chi connectivity index (χ4n) is 2.20. The van der Waals surface area contributed by atoms with E-state index >= 15 is 0 Å². The van der Waals surface area contributed by atoms with Crippen LogP contribution in [0.15, 0.2) is 24.3 Å². The molecule has 0 saturated heterocycles. The van der Waals surface area contributed by atoms with Crippen molar-refractivity contribution in [2.45, 2.75) is 27.3 Å². The van der Waals surface area contributed by atoms with E-state index in [0.29, 0.717) is 6.54 Å². The quantitative estimate of drug-likeness (QED) is 0.899. The molecule has 0 spiro atoms. The first-order valence-electron chi connectivity index (χ1n) is 6.58. The number of anilines is 2. The average Bonchev–Trinajstić information content (AvgIpc) is 2.62. The van der Waals surface area contributed by atoms with Crippen LogP contribution in [0.2, 0.25) is 0 Å². The summed E-state index contributed by atoms with van der Waals surface area (Å²) in [5.41, 5.74) is 5.00. The molecule has 0 radical (unpaired) electrons. The molecule has 0 unspecified atom stereocenters. The largest absolute Gasteiger partial charge is 0.378 e. The molecule has 1 amide bonds. The Kier molecular flexibility index (Phi) is 4.08. The highest BCUT2D eigenvalue weighted by molar-refractivity contribution is 5.89. The van der Waals surface area contributed by atoms with Gasteiger partial charge in [-0.2, -0.15) is 5.10 Å². The van der Waals surface area contributed by atoms with E-state index in [0.717, 1.165) is 28.3 Å². The molecule has 2 aromatic rings. The second kappa shape index (κ2) is 5.77. The van der Waals surface area contributed by atoms with Crippen molar-refractivity contribution in [1.82, 2.24) is 9.78 Å². The summed E-state index contributed by atoms with van der Waals surface area (Å²) in [7, 11) is 1.93. The molecule has 0 aliphatic rings. The molecular formula is C15H20N4O. The number of para-hydroxylation sites is 1. The lowest BCUT2D eigenvalue weighted by molar-refractivity contribution is -0.114. The number of rotatable bonds is 4. The van der Waals surface area contributed by atoms with Crippen molar-refractivity contribution in [1.29, 1.82) is 0 Å². The smallest absolute Gasteiger partial charge is 0.221 e. The van der Waals surface area contributed by atoms with Gasteiger partial charge in [-0.3, -0.25) is 9.48 Å². The molecular weight excluding hydrogens is 252 g/mol. The Labute approximate surface area is 119 Å². The number of aromatic nitrogens is 2. The maximum absolute atomic E-state index is 11.2. The number of nitrogens with one attached hydrogen (secondary N) is 2. The van der Waals surface area contributed by atoms with E-state index < -0.39 is 0 Å². The summed E-state index contributed by atoms with van der Waals surface area (Å²) in [6.07, 6.45) is 0. The van der Waals surface area contributed by atoms with Gasteiger partial charge in [-0.15, -0.1) is 0 Å². The van der Waals surface area contributed by atoms with Gasteiger partial charge in [-0.1, -0.05) is 18.2 Å². The average molecular weight is 272 g/mol. The van der Waals surface area contributed by atoms with E-state index in [-0.39, 0.29) is 5.91 Å². The van der Waals surface area contributed by atoms with Crippen LogP contribution in [0.5, 0.6) is 0 Å². The number of amides is 1. The van der Waals surface area contributed by atoms with Gasteiger partial charge >= 0.3 is 0 Å². The minimum absolute atomic E-state index is 0.0637. The van der Waals surface area contributed by atoms with Crippen molar-refractivity contribution in [3.8, 4) is 0 Å². The molecule has 1 aromatic heterocycles. The van der Waals surface area contributed by atoms with Crippen molar-refractivity contribution in [2.75, 3.05) is 10.6 Å². The summed E-state index contributed by atoms with van der Waals surface area (Å²) in [6.45, 7) is 6.17. The number of carbonyl (C=O) groups excluding carboxylic acids is 1. The maximum Gasteiger partial charge on any atom is 0.221 e. The lowest BCUT2D eigenvalue weighted by Gasteiger charge is -2.12. The van der Waals surface area contributed by atoms with Crippen LogP contribution in [-0.2, 0) is 18.4 Å². The van der Waals surface area contributed by atoms with Gasteiger partial charge in [0.15, 0.2) is 0 Å². The highest BCUT2D eigenvalue weighted by atomic mass is 16.1. The molecule has 0 aliphatic heterocycles. The molecule has 2 rings (SSSR count). The van der Waals surface area contributed by atoms with Gasteiger partial charge in [0.05, 0.1) is 17.1 Å². The number of hydrogen-bond donors (Lipinski definition) is 2. The second-order valence-electron chi connectivity index (χ2n) is 4.86. The van der Waals surface area contributed by atoms with Crippen molar-refractivity contribution >= 4 is 17.3 Å². The Bertz CT molecular complexity index is 631. The maximum atomic E-state index is 11.2. The zero-order chi connectivity index (χ0) is 14.7. The van der Waals surface area contributed by atoms with Crippen LogP contribution < -0.4 is 10.6 Å². The number of nitrogens with zero attached hydrogens (tertiary/aromatic N) is 2. The van der Waals surface area contributed by atoms with Crippen LogP contribution in [0.1, 0.15) is 23.9 Å². The number of aryl methyl sites for hydroxylation is 2. The van der Waals surface area contributed by atoms with Crippen LogP contribution >= 0.6 is 0 Å². The first-order valence-corrected chi connectivity index (χ1v) is 6.58. The standard InChI is InChI=1S/C15H20N4O/c1-10-15(11(2)19(4)18-10)16-9-13-7-5-6-8-14(13)17-12(3)20/h5-8,16H,9H2,1-4H3,(H,17,20). The van der Waals surface area contributed by atoms with Crippen molar-refractivity contribution in [2.24, 2.45) is 7.05 Å². The molecule has 0 bridgehead atoms. The van der Waals surface area contributed by atoms with E-state index in [2.05, 4.69) is 15.7 Å². The van der Waals surface area contributed by atoms with E-state index in [1.807, 2.05) is 49.8 Å². The Morgan fingerprint density at radius 1 is 1.30 bits per heavy atom. The van der Waals surface area contributed by atoms with Gasteiger partial charge in [0, 0.05) is 26.2 Å². The van der Waals surface area contributed by atoms with Gasteiger partial charge in [-0.05, 0) is 25.5 Å².